The average molecular weight is 826 g/mol. The van der Waals surface area contributed by atoms with Gasteiger partial charge in [-0.1, -0.05) is 82.1 Å². The van der Waals surface area contributed by atoms with E-state index in [9.17, 15) is 0 Å². The van der Waals surface area contributed by atoms with Crippen LogP contribution in [0.1, 0.15) is 69.0 Å². The first kappa shape index (κ1) is 34.4. The third-order valence-corrected chi connectivity index (χ3v) is 9.61. The molecule has 6 heteroatoms. The number of hydrogen-bond donors (Lipinski definition) is 0. The topological polar surface area (TPSA) is 44.9 Å². The Labute approximate surface area is 304 Å². The molecular formula is C43H42N4OPt. The van der Waals surface area contributed by atoms with Crippen LogP contribution in [0.2, 0.25) is 0 Å². The Morgan fingerprint density at radius 1 is 0.816 bits per heavy atom. The molecule has 4 aromatic carbocycles. The van der Waals surface area contributed by atoms with Crippen molar-refractivity contribution in [1.29, 1.82) is 0 Å². The van der Waals surface area contributed by atoms with E-state index in [1.807, 2.05) is 41.2 Å². The zero-order chi connectivity index (χ0) is 33.4. The fourth-order valence-corrected chi connectivity index (χ4v) is 6.66. The number of unbranched alkanes of at least 4 members (excludes halogenated alkanes) is 1. The van der Waals surface area contributed by atoms with Crippen molar-refractivity contribution in [3.8, 4) is 34.1 Å². The van der Waals surface area contributed by atoms with E-state index in [4.69, 9.17) is 14.8 Å². The summed E-state index contributed by atoms with van der Waals surface area (Å²) in [6, 6.07) is 38.8. The van der Waals surface area contributed by atoms with Crippen LogP contribution >= 0.6 is 0 Å². The van der Waals surface area contributed by atoms with Gasteiger partial charge in [-0.3, -0.25) is 4.68 Å². The molecule has 0 saturated carbocycles. The number of benzene rings is 4. The predicted molar refractivity (Wildman–Crippen MR) is 197 cm³/mol. The molecule has 0 aliphatic heterocycles. The number of aryl methyl sites for hydroxylation is 2. The number of hydrogen-bond acceptors (Lipinski definition) is 3. The van der Waals surface area contributed by atoms with Gasteiger partial charge in [0.05, 0.1) is 5.69 Å². The molecule has 0 radical (unpaired) electrons. The molecule has 0 bridgehead atoms. The molecule has 0 N–H and O–H groups in total. The van der Waals surface area contributed by atoms with Crippen molar-refractivity contribution in [3.63, 3.8) is 0 Å². The minimum atomic E-state index is 0. The van der Waals surface area contributed by atoms with Gasteiger partial charge in [-0.2, -0.15) is 17.2 Å². The van der Waals surface area contributed by atoms with Gasteiger partial charge in [0.15, 0.2) is 0 Å². The molecule has 250 valence electrons. The van der Waals surface area contributed by atoms with E-state index in [2.05, 4.69) is 119 Å². The van der Waals surface area contributed by atoms with E-state index in [1.54, 1.807) is 0 Å². The van der Waals surface area contributed by atoms with Crippen LogP contribution in [0.5, 0.6) is 11.5 Å². The second-order valence-corrected chi connectivity index (χ2v) is 13.2. The maximum absolute atomic E-state index is 6.48. The van der Waals surface area contributed by atoms with Crippen LogP contribution in [0.25, 0.3) is 44.4 Å². The van der Waals surface area contributed by atoms with Crippen molar-refractivity contribution >= 4 is 21.8 Å². The molecule has 3 aromatic heterocycles. The molecule has 0 amide bonds. The van der Waals surface area contributed by atoms with Crippen molar-refractivity contribution in [2.75, 3.05) is 0 Å². The molecule has 0 aliphatic rings. The summed E-state index contributed by atoms with van der Waals surface area (Å²) >= 11 is 0. The van der Waals surface area contributed by atoms with E-state index >= 15 is 0 Å². The molecule has 7 rings (SSSR count). The van der Waals surface area contributed by atoms with Gasteiger partial charge >= 0.3 is 21.1 Å². The summed E-state index contributed by atoms with van der Waals surface area (Å²) in [5, 5.41) is 7.21. The van der Waals surface area contributed by atoms with Crippen molar-refractivity contribution < 1.29 is 25.8 Å². The Morgan fingerprint density at radius 3 is 2.39 bits per heavy atom. The molecule has 7 aromatic rings. The maximum atomic E-state index is 6.48. The predicted octanol–water partition coefficient (Wildman–Crippen LogP) is 11.1. The molecular weight excluding hydrogens is 784 g/mol. The fraction of sp³-hybridized carbons (Fsp3) is 0.256. The summed E-state index contributed by atoms with van der Waals surface area (Å²) in [6.45, 7) is 13.3. The Morgan fingerprint density at radius 2 is 1.61 bits per heavy atom. The number of pyridine rings is 1. The number of rotatable bonds is 10. The van der Waals surface area contributed by atoms with Crippen molar-refractivity contribution in [2.24, 2.45) is 5.92 Å². The largest absolute Gasteiger partial charge is 2.00 e. The summed E-state index contributed by atoms with van der Waals surface area (Å²) in [6.07, 6.45) is 5.27. The first-order valence-electron chi connectivity index (χ1n) is 17.1. The first-order valence-corrected chi connectivity index (χ1v) is 17.1. The van der Waals surface area contributed by atoms with Crippen molar-refractivity contribution in [1.82, 2.24) is 19.3 Å². The first-order chi connectivity index (χ1) is 23.3. The summed E-state index contributed by atoms with van der Waals surface area (Å²) in [5.41, 5.74) is 9.84. The second-order valence-electron chi connectivity index (χ2n) is 13.2. The average Bonchev–Trinajstić information content (AvgIpc) is 3.59. The standard InChI is InChI=1S/C43H42N4O.Pt/c1-7-8-13-32-22-23-44-42(24-32)46-40-21-18-34(29(4)28(2)3)25-39(40)38-20-19-37(27-41(38)46)48-36-17-12-16-35(26-36)47-31(6)43(30(5)45-47)33-14-10-9-11-15-33;/h9-12,14-25,28-29H,7-8,13H2,1-6H3;/q-2;+2. The van der Waals surface area contributed by atoms with E-state index in [0.717, 1.165) is 69.7 Å². The third-order valence-electron chi connectivity index (χ3n) is 9.61. The van der Waals surface area contributed by atoms with Crippen LogP contribution in [0.4, 0.5) is 0 Å². The SMILES string of the molecule is CCCCc1ccnc(-n2c3[c-]c(Oc4[c-]c(-n5nc(C)c(-c6ccccc6)c5C)ccc4)ccc3c3cc(C(C)C(C)C)ccc32)c1.[Pt+2]. The number of nitrogens with zero attached hydrogens (tertiary/aromatic N) is 4. The van der Waals surface area contributed by atoms with Crippen LogP contribution in [-0.4, -0.2) is 19.3 Å². The van der Waals surface area contributed by atoms with E-state index in [1.165, 1.54) is 16.5 Å². The molecule has 3 heterocycles. The van der Waals surface area contributed by atoms with E-state index in [-0.39, 0.29) is 21.1 Å². The Balaban J connectivity index is 0.00000417. The van der Waals surface area contributed by atoms with Gasteiger partial charge in [-0.05, 0) is 84.5 Å². The molecule has 49 heavy (non-hydrogen) atoms. The van der Waals surface area contributed by atoms with Crippen LogP contribution < -0.4 is 4.74 Å². The van der Waals surface area contributed by atoms with Gasteiger partial charge in [0.2, 0.25) is 0 Å². The Kier molecular flexibility index (Phi) is 10.2. The van der Waals surface area contributed by atoms with Crippen LogP contribution in [0, 0.1) is 31.9 Å². The van der Waals surface area contributed by atoms with E-state index in [0.29, 0.717) is 23.3 Å². The van der Waals surface area contributed by atoms with Crippen molar-refractivity contribution in [3.05, 3.63) is 132 Å². The van der Waals surface area contributed by atoms with Crippen LogP contribution in [0.3, 0.4) is 0 Å². The zero-order valence-corrected chi connectivity index (χ0v) is 31.3. The molecule has 0 spiro atoms. The molecule has 5 nitrogen and oxygen atoms in total. The Bertz CT molecular complexity index is 2230. The quantitative estimate of drug-likeness (QED) is 0.129. The van der Waals surface area contributed by atoms with Crippen LogP contribution in [0.15, 0.2) is 97.2 Å². The number of ether oxygens (including phenoxy) is 1. The minimum absolute atomic E-state index is 0. The normalized spacial score (nSPS) is 12.1. The molecule has 1 unspecified atom stereocenters. The third kappa shape index (κ3) is 6.74. The molecule has 1 atom stereocenters. The summed E-state index contributed by atoms with van der Waals surface area (Å²) in [4.78, 5) is 4.86. The minimum Gasteiger partial charge on any atom is -0.509 e. The van der Waals surface area contributed by atoms with Gasteiger partial charge in [-0.25, -0.2) is 4.98 Å². The zero-order valence-electron chi connectivity index (χ0n) is 29.0. The van der Waals surface area contributed by atoms with Crippen LogP contribution in [-0.2, 0) is 27.5 Å². The van der Waals surface area contributed by atoms with Gasteiger partial charge in [0, 0.05) is 34.5 Å². The fourth-order valence-electron chi connectivity index (χ4n) is 6.66. The number of aromatic nitrogens is 4. The number of fused-ring (bicyclic) bond motifs is 3. The van der Waals surface area contributed by atoms with Gasteiger partial charge < -0.3 is 9.30 Å². The summed E-state index contributed by atoms with van der Waals surface area (Å²) in [5.74, 6) is 3.12. The van der Waals surface area contributed by atoms with Gasteiger partial charge in [0.25, 0.3) is 0 Å². The monoisotopic (exact) mass is 825 g/mol. The molecule has 0 aliphatic carbocycles. The second kappa shape index (κ2) is 14.6. The summed E-state index contributed by atoms with van der Waals surface area (Å²) < 4.78 is 10.7. The molecule has 0 fully saturated rings. The van der Waals surface area contributed by atoms with E-state index < -0.39 is 0 Å². The van der Waals surface area contributed by atoms with Crippen molar-refractivity contribution in [2.45, 2.75) is 66.7 Å². The summed E-state index contributed by atoms with van der Waals surface area (Å²) in [7, 11) is 0. The smallest absolute Gasteiger partial charge is 0.509 e. The maximum Gasteiger partial charge on any atom is 2.00 e. The molecule has 0 saturated heterocycles. The Hall–Kier alpha value is -4.47. The van der Waals surface area contributed by atoms with Gasteiger partial charge in [0.1, 0.15) is 5.82 Å². The van der Waals surface area contributed by atoms with Gasteiger partial charge in [-0.15, -0.1) is 35.7 Å².